The lowest BCUT2D eigenvalue weighted by Gasteiger charge is -2.20. The van der Waals surface area contributed by atoms with Crippen LogP contribution in [0.2, 0.25) is 0 Å². The van der Waals surface area contributed by atoms with Gasteiger partial charge < -0.3 is 5.11 Å². The van der Waals surface area contributed by atoms with Gasteiger partial charge in [-0.25, -0.2) is 4.79 Å². The highest BCUT2D eigenvalue weighted by Crippen LogP contribution is 2.17. The average molecular weight is 186 g/mol. The van der Waals surface area contributed by atoms with E-state index in [9.17, 15) is 14.4 Å². The predicted molar refractivity (Wildman–Crippen MR) is 41.8 cm³/mol. The number of rotatable bonds is 3. The maximum atomic E-state index is 11.2. The molecule has 0 aromatic carbocycles. The normalized spacial score (nSPS) is 27.5. The summed E-state index contributed by atoms with van der Waals surface area (Å²) in [6, 6.07) is 0. The van der Waals surface area contributed by atoms with Gasteiger partial charge >= 0.3 is 5.97 Å². The Labute approximate surface area is 74.3 Å². The Morgan fingerprint density at radius 1 is 1.69 bits per heavy atom. The molecule has 1 aliphatic heterocycles. The fraction of sp³-hybridized carbons (Fsp3) is 0.571. The van der Waals surface area contributed by atoms with Crippen LogP contribution >= 0.6 is 0 Å². The lowest BCUT2D eigenvalue weighted by Crippen LogP contribution is -2.57. The fourth-order valence-corrected chi connectivity index (χ4v) is 1.29. The van der Waals surface area contributed by atoms with Crippen LogP contribution in [0.5, 0.6) is 0 Å². The van der Waals surface area contributed by atoms with E-state index in [1.807, 2.05) is 5.32 Å². The Hall–Kier alpha value is -1.43. The summed E-state index contributed by atoms with van der Waals surface area (Å²) in [4.78, 5) is 32.8. The molecule has 0 aliphatic carbocycles. The zero-order valence-corrected chi connectivity index (χ0v) is 7.09. The van der Waals surface area contributed by atoms with E-state index in [0.29, 0.717) is 6.54 Å². The van der Waals surface area contributed by atoms with Gasteiger partial charge in [0.25, 0.3) is 5.91 Å². The number of aliphatic carboxylic acids is 1. The van der Waals surface area contributed by atoms with Crippen LogP contribution in [0.3, 0.4) is 0 Å². The van der Waals surface area contributed by atoms with Crippen LogP contribution < -0.4 is 10.6 Å². The van der Waals surface area contributed by atoms with Crippen LogP contribution in [0.4, 0.5) is 0 Å². The first-order chi connectivity index (χ1) is 6.03. The lowest BCUT2D eigenvalue weighted by atomic mass is 9.98. The molecule has 1 fully saturated rings. The molecular formula is C7H10N2O4. The molecule has 0 aromatic rings. The van der Waals surface area contributed by atoms with Gasteiger partial charge in [0.05, 0.1) is 6.42 Å². The standard InChI is InChI=1S/C7H10N2O4/c1-2-8-7(6(12)13)3-4(10)9-5(7)11/h8H,2-3H2,1H3,(H,12,13)(H,9,10,11). The van der Waals surface area contributed by atoms with Crippen molar-refractivity contribution in [3.05, 3.63) is 0 Å². The van der Waals surface area contributed by atoms with Crippen molar-refractivity contribution in [1.29, 1.82) is 0 Å². The fourth-order valence-electron chi connectivity index (χ4n) is 1.29. The summed E-state index contributed by atoms with van der Waals surface area (Å²) in [5.41, 5.74) is -1.76. The van der Waals surface area contributed by atoms with E-state index in [0.717, 1.165) is 0 Å². The SMILES string of the molecule is CCNC1(C(=O)O)CC(=O)NC1=O. The molecule has 6 nitrogen and oxygen atoms in total. The van der Waals surface area contributed by atoms with Gasteiger partial charge in [-0.2, -0.15) is 0 Å². The molecule has 1 atom stereocenters. The summed E-state index contributed by atoms with van der Waals surface area (Å²) in [5, 5.41) is 13.3. The first kappa shape index (κ1) is 9.66. The second-order valence-corrected chi connectivity index (χ2v) is 2.79. The summed E-state index contributed by atoms with van der Waals surface area (Å²) >= 11 is 0. The van der Waals surface area contributed by atoms with Gasteiger partial charge in [-0.1, -0.05) is 6.92 Å². The number of nitrogens with one attached hydrogen (secondary N) is 2. The molecule has 2 amide bonds. The molecule has 0 aromatic heterocycles. The molecule has 13 heavy (non-hydrogen) atoms. The first-order valence-electron chi connectivity index (χ1n) is 3.85. The molecule has 1 rings (SSSR count). The molecule has 1 unspecified atom stereocenters. The van der Waals surface area contributed by atoms with Crippen molar-refractivity contribution >= 4 is 17.8 Å². The maximum absolute atomic E-state index is 11.2. The Balaban J connectivity index is 2.97. The highest BCUT2D eigenvalue weighted by atomic mass is 16.4. The zero-order valence-electron chi connectivity index (χ0n) is 7.09. The smallest absolute Gasteiger partial charge is 0.334 e. The number of carboxylic acid groups (broad SMARTS) is 1. The number of imide groups is 1. The van der Waals surface area contributed by atoms with Crippen molar-refractivity contribution in [1.82, 2.24) is 10.6 Å². The zero-order chi connectivity index (χ0) is 10.1. The van der Waals surface area contributed by atoms with E-state index in [-0.39, 0.29) is 6.42 Å². The minimum atomic E-state index is -1.76. The van der Waals surface area contributed by atoms with Crippen molar-refractivity contribution in [2.45, 2.75) is 18.9 Å². The molecule has 1 aliphatic rings. The van der Waals surface area contributed by atoms with Crippen molar-refractivity contribution in [2.24, 2.45) is 0 Å². The number of amides is 2. The van der Waals surface area contributed by atoms with Crippen LogP contribution in [0.25, 0.3) is 0 Å². The number of carboxylic acids is 1. The van der Waals surface area contributed by atoms with E-state index in [2.05, 4.69) is 5.32 Å². The van der Waals surface area contributed by atoms with Crippen LogP contribution in [0.15, 0.2) is 0 Å². The molecule has 0 radical (unpaired) electrons. The number of hydrogen-bond acceptors (Lipinski definition) is 4. The van der Waals surface area contributed by atoms with Crippen molar-refractivity contribution in [3.8, 4) is 0 Å². The van der Waals surface area contributed by atoms with Gasteiger partial charge in [0.2, 0.25) is 11.4 Å². The number of likely N-dealkylation sites (N-methyl/N-ethyl adjacent to an activating group) is 1. The van der Waals surface area contributed by atoms with Crippen molar-refractivity contribution in [2.75, 3.05) is 6.54 Å². The second kappa shape index (κ2) is 3.14. The highest BCUT2D eigenvalue weighted by Gasteiger charge is 2.52. The van der Waals surface area contributed by atoms with Gasteiger partial charge in [0.1, 0.15) is 0 Å². The van der Waals surface area contributed by atoms with Gasteiger partial charge in [-0.3, -0.25) is 20.2 Å². The molecule has 1 heterocycles. The highest BCUT2D eigenvalue weighted by molar-refractivity contribution is 6.19. The Morgan fingerprint density at radius 2 is 2.31 bits per heavy atom. The van der Waals surface area contributed by atoms with Gasteiger partial charge in [0.15, 0.2) is 0 Å². The average Bonchev–Trinajstić information content (AvgIpc) is 2.28. The number of hydrogen-bond donors (Lipinski definition) is 3. The lowest BCUT2D eigenvalue weighted by molar-refractivity contribution is -0.149. The third-order valence-corrected chi connectivity index (χ3v) is 1.91. The third-order valence-electron chi connectivity index (χ3n) is 1.91. The largest absolute Gasteiger partial charge is 0.479 e. The maximum Gasteiger partial charge on any atom is 0.334 e. The molecule has 72 valence electrons. The predicted octanol–water partition coefficient (Wildman–Crippen LogP) is -1.53. The van der Waals surface area contributed by atoms with Crippen LogP contribution in [-0.2, 0) is 14.4 Å². The summed E-state index contributed by atoms with van der Waals surface area (Å²) in [7, 11) is 0. The summed E-state index contributed by atoms with van der Waals surface area (Å²) in [6.07, 6.45) is -0.338. The van der Waals surface area contributed by atoms with Gasteiger partial charge in [-0.05, 0) is 6.54 Å². The van der Waals surface area contributed by atoms with Gasteiger partial charge in [-0.15, -0.1) is 0 Å². The number of carbonyl (C=O) groups is 3. The summed E-state index contributed by atoms with van der Waals surface area (Å²) in [5.74, 6) is -2.67. The van der Waals surface area contributed by atoms with E-state index in [1.165, 1.54) is 0 Å². The first-order valence-corrected chi connectivity index (χ1v) is 3.85. The molecule has 0 spiro atoms. The topological polar surface area (TPSA) is 95.5 Å². The molecule has 3 N–H and O–H groups in total. The van der Waals surface area contributed by atoms with Crippen LogP contribution in [0, 0.1) is 0 Å². The minimum Gasteiger partial charge on any atom is -0.479 e. The quantitative estimate of drug-likeness (QED) is 0.367. The Bertz CT molecular complexity index is 276. The Morgan fingerprint density at radius 3 is 2.62 bits per heavy atom. The van der Waals surface area contributed by atoms with Crippen molar-refractivity contribution < 1.29 is 19.5 Å². The molecule has 6 heteroatoms. The van der Waals surface area contributed by atoms with Gasteiger partial charge in [0, 0.05) is 0 Å². The molecule has 0 bridgehead atoms. The summed E-state index contributed by atoms with van der Waals surface area (Å²) < 4.78 is 0. The van der Waals surface area contributed by atoms with Crippen LogP contribution in [0.1, 0.15) is 13.3 Å². The van der Waals surface area contributed by atoms with E-state index in [4.69, 9.17) is 5.11 Å². The van der Waals surface area contributed by atoms with E-state index >= 15 is 0 Å². The third kappa shape index (κ3) is 1.40. The molecule has 0 saturated carbocycles. The second-order valence-electron chi connectivity index (χ2n) is 2.79. The molecule has 1 saturated heterocycles. The Kier molecular flexibility index (Phi) is 2.33. The summed E-state index contributed by atoms with van der Waals surface area (Å²) in [6.45, 7) is 1.98. The van der Waals surface area contributed by atoms with Crippen molar-refractivity contribution in [3.63, 3.8) is 0 Å². The number of carbonyl (C=O) groups excluding carboxylic acids is 2. The monoisotopic (exact) mass is 186 g/mol. The van der Waals surface area contributed by atoms with E-state index in [1.54, 1.807) is 6.92 Å². The van der Waals surface area contributed by atoms with Crippen LogP contribution in [-0.4, -0.2) is 35.0 Å². The minimum absolute atomic E-state index is 0.312. The van der Waals surface area contributed by atoms with E-state index < -0.39 is 23.3 Å². The molecular weight excluding hydrogens is 176 g/mol.